The molecule has 0 aliphatic rings. The van der Waals surface area contributed by atoms with Gasteiger partial charge in [-0.3, -0.25) is 4.79 Å². The third-order valence-corrected chi connectivity index (χ3v) is 3.15. The second-order valence-corrected chi connectivity index (χ2v) is 5.20. The van der Waals surface area contributed by atoms with Gasteiger partial charge in [0.15, 0.2) is 0 Å². The largest absolute Gasteiger partial charge is 0.491 e. The molecule has 0 atom stereocenters. The summed E-state index contributed by atoms with van der Waals surface area (Å²) in [4.78, 5) is 10.9. The van der Waals surface area contributed by atoms with Crippen LogP contribution in [-0.4, -0.2) is 32.3 Å². The molecule has 2 aromatic carbocycles. The summed E-state index contributed by atoms with van der Waals surface area (Å²) in [6.45, 7) is 4.14. The van der Waals surface area contributed by atoms with Gasteiger partial charge < -0.3 is 19.5 Å². The summed E-state index contributed by atoms with van der Waals surface area (Å²) in [6.07, 6.45) is 0. The van der Waals surface area contributed by atoms with Crippen molar-refractivity contribution in [2.24, 2.45) is 0 Å². The monoisotopic (exact) mass is 329 g/mol. The Bertz CT molecular complexity index is 599. The lowest BCUT2D eigenvalue weighted by molar-refractivity contribution is -0.114. The van der Waals surface area contributed by atoms with E-state index in [0.29, 0.717) is 33.0 Å². The minimum atomic E-state index is -0.0912. The van der Waals surface area contributed by atoms with Crippen LogP contribution in [0.15, 0.2) is 54.6 Å². The Morgan fingerprint density at radius 2 is 1.54 bits per heavy atom. The maximum Gasteiger partial charge on any atom is 0.221 e. The minimum Gasteiger partial charge on any atom is -0.491 e. The van der Waals surface area contributed by atoms with Crippen molar-refractivity contribution in [1.82, 2.24) is 0 Å². The van der Waals surface area contributed by atoms with Crippen molar-refractivity contribution < 1.29 is 19.0 Å². The highest BCUT2D eigenvalue weighted by Gasteiger charge is 1.98. The van der Waals surface area contributed by atoms with E-state index in [2.05, 4.69) is 5.32 Å². The van der Waals surface area contributed by atoms with E-state index in [0.717, 1.165) is 17.0 Å². The van der Waals surface area contributed by atoms with Crippen LogP contribution in [0.1, 0.15) is 12.5 Å². The van der Waals surface area contributed by atoms with Crippen LogP contribution in [0.25, 0.3) is 0 Å². The lowest BCUT2D eigenvalue weighted by Crippen LogP contribution is -2.11. The zero-order valence-electron chi connectivity index (χ0n) is 13.9. The first kappa shape index (κ1) is 18.0. The molecule has 0 fully saturated rings. The Morgan fingerprint density at radius 1 is 0.875 bits per heavy atom. The van der Waals surface area contributed by atoms with Gasteiger partial charge in [0.2, 0.25) is 5.91 Å². The normalized spacial score (nSPS) is 10.4. The fourth-order valence-corrected chi connectivity index (χ4v) is 2.04. The standard InChI is InChI=1S/C19H23NO4/c1-16(21)20-18-7-9-19(10-8-18)24-14-13-22-11-12-23-15-17-5-3-2-4-6-17/h2-10H,11-15H2,1H3,(H,20,21). The van der Waals surface area contributed by atoms with Crippen LogP contribution in [0.3, 0.4) is 0 Å². The van der Waals surface area contributed by atoms with Crippen molar-refractivity contribution >= 4 is 11.6 Å². The fourth-order valence-electron chi connectivity index (χ4n) is 2.04. The van der Waals surface area contributed by atoms with Gasteiger partial charge >= 0.3 is 0 Å². The van der Waals surface area contributed by atoms with Crippen LogP contribution in [0.4, 0.5) is 5.69 Å². The highest BCUT2D eigenvalue weighted by atomic mass is 16.5. The molecule has 0 bridgehead atoms. The summed E-state index contributed by atoms with van der Waals surface area (Å²) >= 11 is 0. The van der Waals surface area contributed by atoms with Gasteiger partial charge in [0.1, 0.15) is 12.4 Å². The Hall–Kier alpha value is -2.37. The van der Waals surface area contributed by atoms with Crippen LogP contribution in [0.2, 0.25) is 0 Å². The van der Waals surface area contributed by atoms with Crippen molar-refractivity contribution in [1.29, 1.82) is 0 Å². The highest BCUT2D eigenvalue weighted by molar-refractivity contribution is 5.88. The topological polar surface area (TPSA) is 56.8 Å². The lowest BCUT2D eigenvalue weighted by atomic mass is 10.2. The number of benzene rings is 2. The third kappa shape index (κ3) is 7.26. The van der Waals surface area contributed by atoms with Crippen molar-refractivity contribution in [3.8, 4) is 5.75 Å². The number of rotatable bonds is 10. The summed E-state index contributed by atoms with van der Waals surface area (Å²) in [5.74, 6) is 0.652. The Labute approximate surface area is 142 Å². The smallest absolute Gasteiger partial charge is 0.221 e. The Balaban J connectivity index is 1.50. The molecular weight excluding hydrogens is 306 g/mol. The first-order valence-corrected chi connectivity index (χ1v) is 7.94. The molecule has 1 amide bonds. The fraction of sp³-hybridized carbons (Fsp3) is 0.316. The quantitative estimate of drug-likeness (QED) is 0.680. The summed E-state index contributed by atoms with van der Waals surface area (Å²) in [7, 11) is 0. The molecule has 1 N–H and O–H groups in total. The molecule has 0 aromatic heterocycles. The van der Waals surface area contributed by atoms with Crippen LogP contribution >= 0.6 is 0 Å². The highest BCUT2D eigenvalue weighted by Crippen LogP contribution is 2.15. The number of nitrogens with one attached hydrogen (secondary N) is 1. The van der Waals surface area contributed by atoms with E-state index >= 15 is 0 Å². The van der Waals surface area contributed by atoms with Gasteiger partial charge in [-0.25, -0.2) is 0 Å². The molecule has 0 aliphatic heterocycles. The molecule has 24 heavy (non-hydrogen) atoms. The van der Waals surface area contributed by atoms with Gasteiger partial charge in [0, 0.05) is 12.6 Å². The number of hydrogen-bond donors (Lipinski definition) is 1. The van der Waals surface area contributed by atoms with Crippen LogP contribution in [0.5, 0.6) is 5.75 Å². The SMILES string of the molecule is CC(=O)Nc1ccc(OCCOCCOCc2ccccc2)cc1. The molecule has 0 spiro atoms. The molecule has 5 nitrogen and oxygen atoms in total. The van der Waals surface area contributed by atoms with E-state index < -0.39 is 0 Å². The van der Waals surface area contributed by atoms with Crippen LogP contribution in [0, 0.1) is 0 Å². The third-order valence-electron chi connectivity index (χ3n) is 3.15. The first-order chi connectivity index (χ1) is 11.7. The first-order valence-electron chi connectivity index (χ1n) is 7.94. The molecule has 128 valence electrons. The Kier molecular flexibility index (Phi) is 7.80. The van der Waals surface area contributed by atoms with Gasteiger partial charge in [-0.2, -0.15) is 0 Å². The lowest BCUT2D eigenvalue weighted by Gasteiger charge is -2.09. The predicted octanol–water partition coefficient (Wildman–Crippen LogP) is 3.26. The summed E-state index contributed by atoms with van der Waals surface area (Å²) in [5, 5.41) is 2.71. The zero-order valence-corrected chi connectivity index (χ0v) is 13.9. The molecule has 0 saturated carbocycles. The van der Waals surface area contributed by atoms with Crippen molar-refractivity contribution in [3.05, 3.63) is 60.2 Å². The van der Waals surface area contributed by atoms with Gasteiger partial charge in [-0.05, 0) is 29.8 Å². The van der Waals surface area contributed by atoms with Crippen molar-refractivity contribution in [2.45, 2.75) is 13.5 Å². The molecule has 0 unspecified atom stereocenters. The van der Waals surface area contributed by atoms with Crippen molar-refractivity contribution in [3.63, 3.8) is 0 Å². The van der Waals surface area contributed by atoms with Crippen LogP contribution < -0.4 is 10.1 Å². The molecule has 0 saturated heterocycles. The maximum absolute atomic E-state index is 10.9. The number of carbonyl (C=O) groups is 1. The molecule has 0 aliphatic carbocycles. The van der Waals surface area contributed by atoms with E-state index in [1.165, 1.54) is 6.92 Å². The van der Waals surface area contributed by atoms with Gasteiger partial charge in [0.25, 0.3) is 0 Å². The zero-order chi connectivity index (χ0) is 17.0. The molecule has 2 aromatic rings. The molecule has 5 heteroatoms. The average Bonchev–Trinajstić information content (AvgIpc) is 2.59. The second-order valence-electron chi connectivity index (χ2n) is 5.20. The second kappa shape index (κ2) is 10.4. The van der Waals surface area contributed by atoms with E-state index in [1.807, 2.05) is 42.5 Å². The average molecular weight is 329 g/mol. The molecule has 2 rings (SSSR count). The van der Waals surface area contributed by atoms with E-state index in [-0.39, 0.29) is 5.91 Å². The number of hydrogen-bond acceptors (Lipinski definition) is 4. The Morgan fingerprint density at radius 3 is 2.25 bits per heavy atom. The number of amides is 1. The molecule has 0 radical (unpaired) electrons. The summed E-state index contributed by atoms with van der Waals surface area (Å²) < 4.78 is 16.6. The number of ether oxygens (including phenoxy) is 3. The summed E-state index contributed by atoms with van der Waals surface area (Å²) in [6, 6.07) is 17.3. The van der Waals surface area contributed by atoms with Gasteiger partial charge in [-0.15, -0.1) is 0 Å². The van der Waals surface area contributed by atoms with Crippen LogP contribution in [-0.2, 0) is 20.9 Å². The van der Waals surface area contributed by atoms with Gasteiger partial charge in [-0.1, -0.05) is 30.3 Å². The number of anilines is 1. The van der Waals surface area contributed by atoms with Gasteiger partial charge in [0.05, 0.1) is 26.4 Å². The maximum atomic E-state index is 10.9. The summed E-state index contributed by atoms with van der Waals surface area (Å²) in [5.41, 5.74) is 1.91. The molecule has 0 heterocycles. The molecular formula is C19H23NO4. The van der Waals surface area contributed by atoms with E-state index in [4.69, 9.17) is 14.2 Å². The van der Waals surface area contributed by atoms with E-state index in [9.17, 15) is 4.79 Å². The number of carbonyl (C=O) groups excluding carboxylic acids is 1. The predicted molar refractivity (Wildman–Crippen MR) is 93.2 cm³/mol. The van der Waals surface area contributed by atoms with Crippen molar-refractivity contribution in [2.75, 3.05) is 31.7 Å². The minimum absolute atomic E-state index is 0.0912. The van der Waals surface area contributed by atoms with E-state index in [1.54, 1.807) is 12.1 Å².